The van der Waals surface area contributed by atoms with Crippen molar-refractivity contribution < 1.29 is 33.0 Å². The molecular formula is C39H53ClF2N8O5. The van der Waals surface area contributed by atoms with Crippen molar-refractivity contribution in [2.24, 2.45) is 15.8 Å². The van der Waals surface area contributed by atoms with Crippen LogP contribution in [-0.4, -0.2) is 90.0 Å². The van der Waals surface area contributed by atoms with Gasteiger partial charge in [-0.05, 0) is 42.7 Å². The SMILES string of the molecule is C=NN(CC(=O)Nc1ccc(C(F)F)cc1Cl)C(=O)/C(=C(/CC)NC=NCc1ccc2c(c1)CCO2)N1CCN(C(=O)C(=C)/C(O)=C(/C)N)CC1.CC.CC. The minimum atomic E-state index is -2.74. The third-order valence-electron chi connectivity index (χ3n) is 8.22. The maximum Gasteiger partial charge on any atom is 0.292 e. The van der Waals surface area contributed by atoms with Gasteiger partial charge in [-0.3, -0.25) is 19.4 Å². The highest BCUT2D eigenvalue weighted by atomic mass is 35.5. The first-order valence-electron chi connectivity index (χ1n) is 18.1. The van der Waals surface area contributed by atoms with E-state index in [9.17, 15) is 28.3 Å². The monoisotopic (exact) mass is 786 g/mol. The molecule has 0 bridgehead atoms. The number of hydrazone groups is 1. The van der Waals surface area contributed by atoms with Crippen LogP contribution in [0.25, 0.3) is 0 Å². The van der Waals surface area contributed by atoms with E-state index in [1.165, 1.54) is 24.2 Å². The van der Waals surface area contributed by atoms with Crippen LogP contribution in [-0.2, 0) is 27.3 Å². The number of aliphatic imine (C=N–C) groups is 1. The minimum Gasteiger partial charge on any atom is -0.505 e. The molecule has 2 aromatic carbocycles. The molecular weight excluding hydrogens is 734 g/mol. The number of carbonyl (C=O) groups excluding carboxylic acids is 3. The first kappa shape index (κ1) is 45.7. The Hall–Kier alpha value is -5.44. The number of fused-ring (bicyclic) bond motifs is 1. The number of alkyl halides is 2. The Bertz CT molecular complexity index is 1770. The van der Waals surface area contributed by atoms with E-state index in [1.54, 1.807) is 4.90 Å². The van der Waals surface area contributed by atoms with Gasteiger partial charge < -0.3 is 36.0 Å². The summed E-state index contributed by atoms with van der Waals surface area (Å²) < 4.78 is 31.7. The lowest BCUT2D eigenvalue weighted by molar-refractivity contribution is -0.133. The molecule has 2 heterocycles. The van der Waals surface area contributed by atoms with Crippen LogP contribution in [0.5, 0.6) is 5.75 Å². The summed E-state index contributed by atoms with van der Waals surface area (Å²) in [5, 5.41) is 20.4. The molecule has 55 heavy (non-hydrogen) atoms. The highest BCUT2D eigenvalue weighted by molar-refractivity contribution is 6.33. The summed E-state index contributed by atoms with van der Waals surface area (Å²) in [7, 11) is 0. The molecule has 2 aliphatic heterocycles. The summed E-state index contributed by atoms with van der Waals surface area (Å²) in [6.45, 7) is 19.7. The Morgan fingerprint density at radius 1 is 1.09 bits per heavy atom. The van der Waals surface area contributed by atoms with Gasteiger partial charge in [0.05, 0.1) is 35.8 Å². The van der Waals surface area contributed by atoms with Gasteiger partial charge in [-0.1, -0.05) is 71.0 Å². The first-order chi connectivity index (χ1) is 26.3. The van der Waals surface area contributed by atoms with Crippen LogP contribution >= 0.6 is 11.6 Å². The second kappa shape index (κ2) is 22.7. The molecule has 300 valence electrons. The molecule has 16 heteroatoms. The molecule has 2 aliphatic rings. The number of piperazine rings is 1. The van der Waals surface area contributed by atoms with Crippen molar-refractivity contribution in [2.45, 2.75) is 67.4 Å². The molecule has 0 atom stereocenters. The molecule has 0 unspecified atom stereocenters. The van der Waals surface area contributed by atoms with Gasteiger partial charge >= 0.3 is 0 Å². The van der Waals surface area contributed by atoms with Crippen molar-refractivity contribution in [3.05, 3.63) is 93.1 Å². The number of hydrogen-bond donors (Lipinski definition) is 4. The quantitative estimate of drug-likeness (QED) is 0.0419. The molecule has 4 rings (SSSR count). The van der Waals surface area contributed by atoms with Gasteiger partial charge in [0.1, 0.15) is 23.8 Å². The predicted octanol–water partition coefficient (Wildman–Crippen LogP) is 6.54. The minimum absolute atomic E-state index is 0.0572. The standard InChI is InChI=1S/C35H41ClF2N8O5.2C2H6/c1-5-27(42-20-41-18-23-6-9-29-24(16-23)10-15-51-29)31(44-11-13-45(14-12-44)34(49)21(2)32(48)22(3)39)35(50)46(40-4)19-30(47)43-28-8-7-25(33(37)38)17-26(28)36;2*1-2/h6-9,16-17,20,33,48H,2,4-5,10-15,18-19,39H2,1,3H3,(H,41,42)(H,43,47);2*1-2H3/b31-27+,32-22+;;. The first-order valence-corrected chi connectivity index (χ1v) is 18.5. The van der Waals surface area contributed by atoms with Gasteiger partial charge in [0.2, 0.25) is 5.91 Å². The lowest BCUT2D eigenvalue weighted by Gasteiger charge is -2.38. The average molecular weight is 787 g/mol. The van der Waals surface area contributed by atoms with Crippen molar-refractivity contribution in [1.29, 1.82) is 0 Å². The fourth-order valence-electron chi connectivity index (χ4n) is 5.47. The van der Waals surface area contributed by atoms with E-state index in [0.717, 1.165) is 40.4 Å². The Labute approximate surface area is 327 Å². The molecule has 1 saturated heterocycles. The van der Waals surface area contributed by atoms with Gasteiger partial charge in [-0.15, -0.1) is 0 Å². The van der Waals surface area contributed by atoms with Crippen molar-refractivity contribution >= 4 is 48.1 Å². The third-order valence-corrected chi connectivity index (χ3v) is 8.53. The number of nitrogens with one attached hydrogen (secondary N) is 2. The van der Waals surface area contributed by atoms with E-state index in [1.807, 2.05) is 52.8 Å². The Morgan fingerprint density at radius 3 is 2.33 bits per heavy atom. The number of hydrogen-bond acceptors (Lipinski definition) is 9. The highest BCUT2D eigenvalue weighted by Gasteiger charge is 2.32. The van der Waals surface area contributed by atoms with Crippen molar-refractivity contribution in [3.63, 3.8) is 0 Å². The van der Waals surface area contributed by atoms with Gasteiger partial charge in [-0.2, -0.15) is 5.10 Å². The normalized spacial score (nSPS) is 14.2. The fourth-order valence-corrected chi connectivity index (χ4v) is 5.71. The Kier molecular flexibility index (Phi) is 18.9. The van der Waals surface area contributed by atoms with E-state index in [0.29, 0.717) is 25.3 Å². The number of nitrogens with zero attached hydrogens (tertiary/aromatic N) is 5. The third kappa shape index (κ3) is 12.6. The largest absolute Gasteiger partial charge is 0.505 e. The van der Waals surface area contributed by atoms with Crippen molar-refractivity contribution in [2.75, 3.05) is 44.6 Å². The lowest BCUT2D eigenvalue weighted by atomic mass is 10.1. The van der Waals surface area contributed by atoms with Crippen molar-refractivity contribution in [1.82, 2.24) is 20.1 Å². The molecule has 3 amide bonds. The number of aliphatic hydroxyl groups is 1. The number of benzene rings is 2. The number of rotatable bonds is 14. The van der Waals surface area contributed by atoms with E-state index in [4.69, 9.17) is 22.1 Å². The molecule has 0 aliphatic carbocycles. The van der Waals surface area contributed by atoms with Crippen LogP contribution in [0.4, 0.5) is 14.5 Å². The van der Waals surface area contributed by atoms with E-state index < -0.39 is 30.7 Å². The van der Waals surface area contributed by atoms with Gasteiger partial charge in [0.25, 0.3) is 18.2 Å². The Balaban J connectivity index is 0.00000253. The number of carbonyl (C=O) groups is 3. The second-order valence-electron chi connectivity index (χ2n) is 11.7. The summed E-state index contributed by atoms with van der Waals surface area (Å²) >= 11 is 6.11. The molecule has 13 nitrogen and oxygen atoms in total. The molecule has 2 aromatic rings. The highest BCUT2D eigenvalue weighted by Crippen LogP contribution is 2.29. The van der Waals surface area contributed by atoms with Gasteiger partial charge in [-0.25, -0.2) is 13.8 Å². The maximum atomic E-state index is 14.2. The molecule has 0 saturated carbocycles. The maximum absolute atomic E-state index is 14.2. The summed E-state index contributed by atoms with van der Waals surface area (Å²) in [6, 6.07) is 9.33. The van der Waals surface area contributed by atoms with Crippen LogP contribution in [0.3, 0.4) is 0 Å². The molecule has 0 spiro atoms. The summed E-state index contributed by atoms with van der Waals surface area (Å²) in [5.74, 6) is -1.39. The van der Waals surface area contributed by atoms with Crippen LogP contribution in [0.1, 0.15) is 71.1 Å². The van der Waals surface area contributed by atoms with Crippen LogP contribution in [0.15, 0.2) is 81.5 Å². The predicted molar refractivity (Wildman–Crippen MR) is 214 cm³/mol. The zero-order valence-corrected chi connectivity index (χ0v) is 33.2. The topological polar surface area (TPSA) is 165 Å². The number of anilines is 1. The number of aliphatic hydroxyl groups excluding tert-OH is 1. The van der Waals surface area contributed by atoms with Crippen LogP contribution in [0.2, 0.25) is 5.02 Å². The van der Waals surface area contributed by atoms with Gasteiger partial charge in [0.15, 0.2) is 0 Å². The second-order valence-corrected chi connectivity index (χ2v) is 12.1. The summed E-state index contributed by atoms with van der Waals surface area (Å²) in [4.78, 5) is 48.0. The number of halogens is 3. The average Bonchev–Trinajstić information content (AvgIpc) is 3.67. The number of nitrogens with two attached hydrogens (primary N) is 1. The molecule has 5 N–H and O–H groups in total. The van der Waals surface area contributed by atoms with Crippen LogP contribution < -0.4 is 21.1 Å². The number of allylic oxidation sites excluding steroid dienone is 2. The van der Waals surface area contributed by atoms with Gasteiger partial charge in [0, 0.05) is 56.3 Å². The summed E-state index contributed by atoms with van der Waals surface area (Å²) in [6.07, 6.45) is -0.0701. The zero-order valence-electron chi connectivity index (χ0n) is 32.4. The van der Waals surface area contributed by atoms with E-state index in [-0.39, 0.29) is 65.2 Å². The molecule has 1 fully saturated rings. The Morgan fingerprint density at radius 2 is 1.75 bits per heavy atom. The van der Waals surface area contributed by atoms with Crippen molar-refractivity contribution in [3.8, 4) is 5.75 Å². The molecule has 0 radical (unpaired) electrons. The smallest absolute Gasteiger partial charge is 0.292 e. The number of ether oxygens (including phenoxy) is 1. The van der Waals surface area contributed by atoms with E-state index >= 15 is 0 Å². The summed E-state index contributed by atoms with van der Waals surface area (Å²) in [5.41, 5.74) is 8.07. The van der Waals surface area contributed by atoms with E-state index in [2.05, 4.69) is 34.0 Å². The fraction of sp³-hybridized carbons (Fsp3) is 0.410. The zero-order chi connectivity index (χ0) is 41.2. The van der Waals surface area contributed by atoms with Crippen LogP contribution in [0, 0.1) is 0 Å². The lowest BCUT2D eigenvalue weighted by Crippen LogP contribution is -2.51. The molecule has 0 aromatic heterocycles. The number of amides is 3.